The van der Waals surface area contributed by atoms with Crippen molar-refractivity contribution >= 4 is 29.0 Å². The third-order valence-corrected chi connectivity index (χ3v) is 2.98. The van der Waals surface area contributed by atoms with Gasteiger partial charge in [-0.1, -0.05) is 23.2 Å². The van der Waals surface area contributed by atoms with Crippen LogP contribution in [0.3, 0.4) is 0 Å². The molecule has 2 aromatic rings. The lowest BCUT2D eigenvalue weighted by atomic mass is 10.0. The maximum Gasteiger partial charge on any atom is 0.183 e. The molecule has 18 heavy (non-hydrogen) atoms. The quantitative estimate of drug-likeness (QED) is 0.493. The zero-order valence-corrected chi connectivity index (χ0v) is 10.8. The van der Waals surface area contributed by atoms with Crippen molar-refractivity contribution in [3.8, 4) is 0 Å². The van der Waals surface area contributed by atoms with E-state index >= 15 is 0 Å². The van der Waals surface area contributed by atoms with Crippen LogP contribution in [0.25, 0.3) is 0 Å². The highest BCUT2D eigenvalue weighted by Gasteiger charge is 2.12. The predicted molar refractivity (Wildman–Crippen MR) is 69.9 cm³/mol. The van der Waals surface area contributed by atoms with Gasteiger partial charge in [-0.25, -0.2) is 0 Å². The molecule has 0 bridgehead atoms. The lowest BCUT2D eigenvalue weighted by molar-refractivity contribution is -0.605. The smallest absolute Gasteiger partial charge is 0.183 e. The highest BCUT2D eigenvalue weighted by atomic mass is 35.5. The molecule has 0 fully saturated rings. The third kappa shape index (κ3) is 3.00. The summed E-state index contributed by atoms with van der Waals surface area (Å²) in [6.07, 6.45) is 2.86. The van der Waals surface area contributed by atoms with Crippen LogP contribution in [-0.4, -0.2) is 5.78 Å². The minimum absolute atomic E-state index is 0.129. The largest absolute Gasteiger partial charge is 0.619 e. The van der Waals surface area contributed by atoms with E-state index in [-0.39, 0.29) is 12.2 Å². The maximum absolute atomic E-state index is 12.0. The Kier molecular flexibility index (Phi) is 3.84. The van der Waals surface area contributed by atoms with Crippen LogP contribution >= 0.6 is 23.2 Å². The van der Waals surface area contributed by atoms with E-state index in [1.165, 1.54) is 18.5 Å². The predicted octanol–water partition coefficient (Wildman–Crippen LogP) is 3.05. The van der Waals surface area contributed by atoms with E-state index in [2.05, 4.69) is 0 Å². The van der Waals surface area contributed by atoms with Gasteiger partial charge in [0.05, 0.1) is 5.02 Å². The number of rotatable bonds is 3. The van der Waals surface area contributed by atoms with E-state index in [1.807, 2.05) is 0 Å². The molecule has 1 heterocycles. The van der Waals surface area contributed by atoms with Gasteiger partial charge in [0.1, 0.15) is 0 Å². The summed E-state index contributed by atoms with van der Waals surface area (Å²) in [6.45, 7) is 0. The second-order valence-corrected chi connectivity index (χ2v) is 4.64. The molecule has 0 unspecified atom stereocenters. The standard InChI is InChI=1S/C13H9Cl2NO2/c14-10-3-4-11(12(15)7-10)13(17)6-9-2-1-5-16(18)8-9/h1-5,7-8H,6H2. The number of nitrogens with zero attached hydrogens (tertiary/aromatic N) is 1. The van der Waals surface area contributed by atoms with Gasteiger partial charge in [-0.15, -0.1) is 0 Å². The summed E-state index contributed by atoms with van der Waals surface area (Å²) in [6, 6.07) is 8.03. The number of pyridine rings is 1. The Hall–Kier alpha value is -1.58. The molecule has 0 aliphatic carbocycles. The van der Waals surface area contributed by atoms with Crippen LogP contribution in [0.4, 0.5) is 0 Å². The Morgan fingerprint density at radius 1 is 1.28 bits per heavy atom. The topological polar surface area (TPSA) is 44.0 Å². The Labute approximate surface area is 114 Å². The molecule has 1 aromatic carbocycles. The summed E-state index contributed by atoms with van der Waals surface area (Å²) in [5.74, 6) is -0.150. The summed E-state index contributed by atoms with van der Waals surface area (Å²) < 4.78 is 0.659. The van der Waals surface area contributed by atoms with E-state index in [9.17, 15) is 10.0 Å². The summed E-state index contributed by atoms with van der Waals surface area (Å²) in [4.78, 5) is 12.0. The van der Waals surface area contributed by atoms with Gasteiger partial charge in [0, 0.05) is 28.6 Å². The van der Waals surface area contributed by atoms with Crippen molar-refractivity contribution in [1.29, 1.82) is 0 Å². The zero-order chi connectivity index (χ0) is 13.1. The minimum Gasteiger partial charge on any atom is -0.619 e. The van der Waals surface area contributed by atoms with Crippen molar-refractivity contribution < 1.29 is 9.52 Å². The van der Waals surface area contributed by atoms with Crippen LogP contribution in [-0.2, 0) is 6.42 Å². The van der Waals surface area contributed by atoms with Gasteiger partial charge in [0.2, 0.25) is 0 Å². The highest BCUT2D eigenvalue weighted by Crippen LogP contribution is 2.22. The fourth-order valence-corrected chi connectivity index (χ4v) is 2.12. The molecule has 0 atom stereocenters. The first kappa shape index (κ1) is 12.9. The van der Waals surface area contributed by atoms with Crippen LogP contribution in [0.1, 0.15) is 15.9 Å². The molecule has 92 valence electrons. The number of carbonyl (C=O) groups excluding carboxylic acids is 1. The monoisotopic (exact) mass is 281 g/mol. The molecule has 0 saturated carbocycles. The number of ketones is 1. The van der Waals surface area contributed by atoms with Crippen molar-refractivity contribution in [1.82, 2.24) is 0 Å². The third-order valence-electron chi connectivity index (χ3n) is 2.43. The molecular weight excluding hydrogens is 273 g/mol. The van der Waals surface area contributed by atoms with Crippen LogP contribution in [0, 0.1) is 5.21 Å². The van der Waals surface area contributed by atoms with Gasteiger partial charge < -0.3 is 5.21 Å². The van der Waals surface area contributed by atoms with Crippen molar-refractivity contribution in [3.63, 3.8) is 0 Å². The molecule has 5 heteroatoms. The van der Waals surface area contributed by atoms with Gasteiger partial charge >= 0.3 is 0 Å². The zero-order valence-electron chi connectivity index (χ0n) is 9.27. The summed E-state index contributed by atoms with van der Waals surface area (Å²) >= 11 is 11.7. The summed E-state index contributed by atoms with van der Waals surface area (Å²) in [5.41, 5.74) is 1.05. The number of benzene rings is 1. The molecule has 2 rings (SSSR count). The SMILES string of the molecule is O=C(Cc1ccc[n+]([O-])c1)c1ccc(Cl)cc1Cl. The van der Waals surface area contributed by atoms with Crippen molar-refractivity contribution in [2.75, 3.05) is 0 Å². The molecule has 0 spiro atoms. The highest BCUT2D eigenvalue weighted by molar-refractivity contribution is 6.36. The second-order valence-electron chi connectivity index (χ2n) is 3.80. The van der Waals surface area contributed by atoms with Gasteiger partial charge in [-0.2, -0.15) is 4.73 Å². The van der Waals surface area contributed by atoms with Gasteiger partial charge in [-0.05, 0) is 24.3 Å². The lowest BCUT2D eigenvalue weighted by Gasteiger charge is -2.04. The fraction of sp³-hybridized carbons (Fsp3) is 0.0769. The summed E-state index contributed by atoms with van der Waals surface area (Å²) in [5, 5.41) is 11.9. The molecule has 0 N–H and O–H groups in total. The molecular formula is C13H9Cl2NO2. The van der Waals surface area contributed by atoms with E-state index in [4.69, 9.17) is 23.2 Å². The van der Waals surface area contributed by atoms with Crippen LogP contribution < -0.4 is 4.73 Å². The van der Waals surface area contributed by atoms with Crippen molar-refractivity contribution in [3.05, 3.63) is 69.1 Å². The number of halogens is 2. The first-order chi connectivity index (χ1) is 8.56. The Bertz CT molecular complexity index is 599. The number of aromatic nitrogens is 1. The molecule has 0 aliphatic rings. The van der Waals surface area contributed by atoms with Gasteiger partial charge in [0.25, 0.3) is 0 Å². The van der Waals surface area contributed by atoms with Gasteiger partial charge in [-0.3, -0.25) is 4.79 Å². The number of carbonyl (C=O) groups is 1. The number of hydrogen-bond donors (Lipinski definition) is 0. The molecule has 3 nitrogen and oxygen atoms in total. The minimum atomic E-state index is -0.150. The van der Waals surface area contributed by atoms with Crippen LogP contribution in [0.15, 0.2) is 42.7 Å². The van der Waals surface area contributed by atoms with Crippen molar-refractivity contribution in [2.24, 2.45) is 0 Å². The maximum atomic E-state index is 12.0. The molecule has 1 aromatic heterocycles. The first-order valence-corrected chi connectivity index (χ1v) is 5.98. The number of Topliss-reactive ketones (excluding diaryl/α,β-unsaturated/α-hetero) is 1. The second kappa shape index (κ2) is 5.38. The van der Waals surface area contributed by atoms with E-state index in [0.29, 0.717) is 25.9 Å². The van der Waals surface area contributed by atoms with E-state index in [1.54, 1.807) is 24.3 Å². The Morgan fingerprint density at radius 3 is 2.72 bits per heavy atom. The van der Waals surface area contributed by atoms with Gasteiger partial charge in [0.15, 0.2) is 18.2 Å². The number of hydrogen-bond acceptors (Lipinski definition) is 2. The lowest BCUT2D eigenvalue weighted by Crippen LogP contribution is -2.25. The first-order valence-electron chi connectivity index (χ1n) is 5.22. The normalized spacial score (nSPS) is 10.3. The molecule has 0 aliphatic heterocycles. The average Bonchev–Trinajstić information content (AvgIpc) is 2.28. The summed E-state index contributed by atoms with van der Waals surface area (Å²) in [7, 11) is 0. The molecule has 0 radical (unpaired) electrons. The molecule has 0 amide bonds. The van der Waals surface area contributed by atoms with Crippen LogP contribution in [0.5, 0.6) is 0 Å². The Morgan fingerprint density at radius 2 is 2.06 bits per heavy atom. The molecule has 0 saturated heterocycles. The van der Waals surface area contributed by atoms with E-state index in [0.717, 1.165) is 0 Å². The van der Waals surface area contributed by atoms with Crippen LogP contribution in [0.2, 0.25) is 10.0 Å². The fourth-order valence-electron chi connectivity index (χ4n) is 1.60. The van der Waals surface area contributed by atoms with Crippen molar-refractivity contribution in [2.45, 2.75) is 6.42 Å². The Balaban J connectivity index is 2.22. The van der Waals surface area contributed by atoms with E-state index < -0.39 is 0 Å². The average molecular weight is 282 g/mol.